The van der Waals surface area contributed by atoms with E-state index in [-0.39, 0.29) is 12.5 Å². The van der Waals surface area contributed by atoms with E-state index in [0.717, 1.165) is 25.7 Å². The van der Waals surface area contributed by atoms with Crippen LogP contribution in [0.2, 0.25) is 0 Å². The Labute approximate surface area is 129 Å². The Morgan fingerprint density at radius 2 is 1.71 bits per heavy atom. The molecule has 0 rings (SSSR count). The number of aliphatic hydroxyl groups is 1. The Kier molecular flexibility index (Phi) is 11.2. The van der Waals surface area contributed by atoms with Gasteiger partial charge in [-0.3, -0.25) is 4.79 Å². The molecule has 0 fully saturated rings. The van der Waals surface area contributed by atoms with E-state index in [4.69, 9.17) is 0 Å². The quantitative estimate of drug-likeness (QED) is 0.279. The first-order valence-electron chi connectivity index (χ1n) is 7.59. The first kappa shape index (κ1) is 19.4. The molecule has 0 spiro atoms. The van der Waals surface area contributed by atoms with Crippen molar-refractivity contribution in [2.24, 2.45) is 0 Å². The lowest BCUT2D eigenvalue weighted by molar-refractivity contribution is -0.117. The van der Waals surface area contributed by atoms with Gasteiger partial charge in [-0.25, -0.2) is 0 Å². The number of hydrogen-bond acceptors (Lipinski definition) is 2. The van der Waals surface area contributed by atoms with Gasteiger partial charge in [-0.1, -0.05) is 49.5 Å². The van der Waals surface area contributed by atoms with Crippen molar-refractivity contribution in [3.05, 3.63) is 48.6 Å². The van der Waals surface area contributed by atoms with Gasteiger partial charge in [0.15, 0.2) is 0 Å². The second-order valence-corrected chi connectivity index (χ2v) is 5.48. The highest BCUT2D eigenvalue weighted by Gasteiger charge is 2.12. The summed E-state index contributed by atoms with van der Waals surface area (Å²) in [5, 5.41) is 12.1. The van der Waals surface area contributed by atoms with Gasteiger partial charge in [0.2, 0.25) is 5.91 Å². The molecule has 118 valence electrons. The molecule has 0 atom stereocenters. The number of hydrogen-bond donors (Lipinski definition) is 2. The van der Waals surface area contributed by atoms with E-state index >= 15 is 0 Å². The molecule has 0 aliphatic carbocycles. The molecule has 3 nitrogen and oxygen atoms in total. The van der Waals surface area contributed by atoms with E-state index in [2.05, 4.69) is 36.5 Å². The zero-order valence-electron chi connectivity index (χ0n) is 13.5. The monoisotopic (exact) mass is 291 g/mol. The van der Waals surface area contributed by atoms with Crippen molar-refractivity contribution in [2.45, 2.75) is 52.1 Å². The number of allylic oxidation sites excluding steroid dienone is 7. The van der Waals surface area contributed by atoms with Crippen molar-refractivity contribution < 1.29 is 9.90 Å². The third kappa shape index (κ3) is 16.3. The summed E-state index contributed by atoms with van der Waals surface area (Å²) >= 11 is 0. The summed E-state index contributed by atoms with van der Waals surface area (Å²) in [6.45, 7) is 5.69. The van der Waals surface area contributed by atoms with Gasteiger partial charge in [-0.2, -0.15) is 0 Å². The maximum atomic E-state index is 11.4. The summed E-state index contributed by atoms with van der Waals surface area (Å²) in [7, 11) is 0. The Balaban J connectivity index is 3.69. The molecular weight excluding hydrogens is 262 g/mol. The summed E-state index contributed by atoms with van der Waals surface area (Å²) in [6.07, 6.45) is 19.8. The van der Waals surface area contributed by atoms with Gasteiger partial charge >= 0.3 is 0 Å². The van der Waals surface area contributed by atoms with Gasteiger partial charge in [0.25, 0.3) is 0 Å². The number of carbonyl (C=O) groups excluding carboxylic acids is 1. The maximum absolute atomic E-state index is 11.4. The first-order chi connectivity index (χ1) is 9.95. The minimum absolute atomic E-state index is 0.190. The molecular formula is C18H29NO2. The number of amides is 1. The molecule has 0 aromatic heterocycles. The zero-order chi connectivity index (χ0) is 16.0. The molecule has 0 aromatic carbocycles. The molecule has 0 bridgehead atoms. The lowest BCUT2D eigenvalue weighted by Crippen LogP contribution is -2.37. The Morgan fingerprint density at radius 1 is 1.05 bits per heavy atom. The molecule has 1 amide bonds. The fraction of sp³-hybridized carbons (Fsp3) is 0.500. The molecule has 0 aliphatic rings. The minimum atomic E-state index is -0.877. The summed E-state index contributed by atoms with van der Waals surface area (Å²) in [6, 6.07) is 0. The van der Waals surface area contributed by atoms with Crippen LogP contribution < -0.4 is 5.32 Å². The maximum Gasteiger partial charge on any atom is 0.244 e. The van der Waals surface area contributed by atoms with Crippen molar-refractivity contribution in [2.75, 3.05) is 6.54 Å². The first-order valence-corrected chi connectivity index (χ1v) is 7.59. The summed E-state index contributed by atoms with van der Waals surface area (Å²) in [5.74, 6) is -0.190. The fourth-order valence-electron chi connectivity index (χ4n) is 1.43. The molecule has 0 heterocycles. The molecule has 0 radical (unpaired) electrons. The van der Waals surface area contributed by atoms with Crippen LogP contribution in [0.5, 0.6) is 0 Å². The molecule has 0 aliphatic heterocycles. The number of rotatable bonds is 10. The Hall–Kier alpha value is -1.61. The van der Waals surface area contributed by atoms with Crippen molar-refractivity contribution in [3.8, 4) is 0 Å². The fourth-order valence-corrected chi connectivity index (χ4v) is 1.43. The molecule has 0 aromatic rings. The second kappa shape index (κ2) is 12.2. The van der Waals surface area contributed by atoms with Crippen LogP contribution in [-0.2, 0) is 4.79 Å². The molecule has 0 saturated heterocycles. The van der Waals surface area contributed by atoms with Gasteiger partial charge in [-0.05, 0) is 39.5 Å². The zero-order valence-corrected chi connectivity index (χ0v) is 13.5. The molecule has 2 N–H and O–H groups in total. The van der Waals surface area contributed by atoms with Crippen LogP contribution in [-0.4, -0.2) is 23.2 Å². The highest BCUT2D eigenvalue weighted by atomic mass is 16.3. The van der Waals surface area contributed by atoms with E-state index in [1.807, 2.05) is 12.2 Å². The summed E-state index contributed by atoms with van der Waals surface area (Å²) < 4.78 is 0. The second-order valence-electron chi connectivity index (χ2n) is 5.48. The van der Waals surface area contributed by atoms with Gasteiger partial charge in [0.1, 0.15) is 0 Å². The molecule has 21 heavy (non-hydrogen) atoms. The van der Waals surface area contributed by atoms with Crippen molar-refractivity contribution in [3.63, 3.8) is 0 Å². The van der Waals surface area contributed by atoms with Gasteiger partial charge in [0.05, 0.1) is 5.60 Å². The van der Waals surface area contributed by atoms with Crippen LogP contribution in [0.25, 0.3) is 0 Å². The minimum Gasteiger partial charge on any atom is -0.389 e. The van der Waals surface area contributed by atoms with Crippen molar-refractivity contribution >= 4 is 5.91 Å². The standard InChI is InChI=1S/C18H29NO2/c1-4-5-6-7-8-9-10-11-12-13-14-15-17(20)19-16-18(2,3)21/h5-6,8-9,12-15,21H,4,7,10-11,16H2,1-3H3,(H,19,20)/b6-5+,9-8-,13-12+,15-14+. The van der Waals surface area contributed by atoms with E-state index in [9.17, 15) is 9.90 Å². The largest absolute Gasteiger partial charge is 0.389 e. The van der Waals surface area contributed by atoms with Crippen molar-refractivity contribution in [1.82, 2.24) is 5.32 Å². The average Bonchev–Trinajstić information content (AvgIpc) is 2.42. The Bertz CT molecular complexity index is 385. The van der Waals surface area contributed by atoms with Gasteiger partial charge < -0.3 is 10.4 Å². The topological polar surface area (TPSA) is 49.3 Å². The predicted octanol–water partition coefficient (Wildman–Crippen LogP) is 3.68. The highest BCUT2D eigenvalue weighted by molar-refractivity contribution is 5.87. The predicted molar refractivity (Wildman–Crippen MR) is 90.0 cm³/mol. The molecule has 3 heteroatoms. The number of carbonyl (C=O) groups is 1. The Morgan fingerprint density at radius 3 is 2.38 bits per heavy atom. The van der Waals surface area contributed by atoms with Gasteiger partial charge in [-0.15, -0.1) is 0 Å². The summed E-state index contributed by atoms with van der Waals surface area (Å²) in [5.41, 5.74) is -0.877. The third-order valence-electron chi connectivity index (χ3n) is 2.53. The number of unbranched alkanes of at least 4 members (excludes halogenated alkanes) is 1. The van der Waals surface area contributed by atoms with Crippen LogP contribution in [0, 0.1) is 0 Å². The smallest absolute Gasteiger partial charge is 0.244 e. The molecule has 0 saturated carbocycles. The van der Waals surface area contributed by atoms with Crippen LogP contribution in [0.4, 0.5) is 0 Å². The van der Waals surface area contributed by atoms with E-state index in [0.29, 0.717) is 0 Å². The normalized spacial score (nSPS) is 13.1. The number of nitrogens with one attached hydrogen (secondary N) is 1. The lowest BCUT2D eigenvalue weighted by Gasteiger charge is -2.16. The van der Waals surface area contributed by atoms with E-state index in [1.165, 1.54) is 6.08 Å². The van der Waals surface area contributed by atoms with E-state index < -0.39 is 5.60 Å². The average molecular weight is 291 g/mol. The van der Waals surface area contributed by atoms with Crippen LogP contribution >= 0.6 is 0 Å². The lowest BCUT2D eigenvalue weighted by atomic mass is 10.1. The van der Waals surface area contributed by atoms with E-state index in [1.54, 1.807) is 19.9 Å². The third-order valence-corrected chi connectivity index (χ3v) is 2.53. The van der Waals surface area contributed by atoms with Gasteiger partial charge in [0, 0.05) is 12.6 Å². The SMILES string of the molecule is CC/C=C/C/C=C\CC/C=C/C=C/C(=O)NCC(C)(C)O. The van der Waals surface area contributed by atoms with Crippen LogP contribution in [0.3, 0.4) is 0 Å². The van der Waals surface area contributed by atoms with Crippen LogP contribution in [0.15, 0.2) is 48.6 Å². The van der Waals surface area contributed by atoms with Crippen molar-refractivity contribution in [1.29, 1.82) is 0 Å². The summed E-state index contributed by atoms with van der Waals surface area (Å²) in [4.78, 5) is 11.4. The van der Waals surface area contributed by atoms with Crippen LogP contribution in [0.1, 0.15) is 46.5 Å². The molecule has 0 unspecified atom stereocenters. The highest BCUT2D eigenvalue weighted by Crippen LogP contribution is 1.98.